The van der Waals surface area contributed by atoms with Gasteiger partial charge in [0.2, 0.25) is 41.4 Å². The van der Waals surface area contributed by atoms with Gasteiger partial charge < -0.3 is 67.6 Å². The summed E-state index contributed by atoms with van der Waals surface area (Å²) in [6, 6.07) is 2.44. The number of aromatic nitrogens is 2. The minimum Gasteiger partial charge on any atom is -0.394 e. The molecule has 3 rings (SSSR count). The number of rotatable bonds is 31. The van der Waals surface area contributed by atoms with Gasteiger partial charge in [-0.25, -0.2) is 4.98 Å². The first-order valence-corrected chi connectivity index (χ1v) is 25.4. The van der Waals surface area contributed by atoms with E-state index < -0.39 is 98.2 Å². The van der Waals surface area contributed by atoms with Crippen LogP contribution in [0.5, 0.6) is 0 Å². The summed E-state index contributed by atoms with van der Waals surface area (Å²) >= 11 is 4.04. The summed E-state index contributed by atoms with van der Waals surface area (Å²) in [6.45, 7) is 4.91. The normalized spacial score (nSPS) is 17.6. The lowest BCUT2D eigenvalue weighted by Gasteiger charge is -2.28. The molecule has 8 atom stereocenters. The number of nitrogens with one attached hydrogen (secondary N) is 6. The number of thiol groups is 1. The van der Waals surface area contributed by atoms with E-state index in [9.17, 15) is 53.0 Å². The second-order valence-corrected chi connectivity index (χ2v) is 19.7. The molecule has 24 heteroatoms. The third-order valence-electron chi connectivity index (χ3n) is 11.3. The lowest BCUT2D eigenvalue weighted by atomic mass is 10.0. The van der Waals surface area contributed by atoms with Gasteiger partial charge >= 0.3 is 7.60 Å². The quantitative estimate of drug-likeness (QED) is 0.0249. The molecule has 22 nitrogen and oxygen atoms in total. The Morgan fingerprint density at radius 3 is 2.21 bits per heavy atom. The molecule has 0 aliphatic carbocycles. The molecule has 1 aromatic heterocycles. The zero-order valence-electron chi connectivity index (χ0n) is 39.0. The number of carbonyl (C=O) groups is 7. The van der Waals surface area contributed by atoms with E-state index in [1.54, 1.807) is 0 Å². The maximum atomic E-state index is 14.3. The van der Waals surface area contributed by atoms with Crippen LogP contribution in [0.3, 0.4) is 0 Å². The van der Waals surface area contributed by atoms with Crippen molar-refractivity contribution in [3.8, 4) is 0 Å². The summed E-state index contributed by atoms with van der Waals surface area (Å²) in [6.07, 6.45) is 5.95. The first kappa shape index (κ1) is 57.4. The number of aromatic amines is 1. The fraction of sp³-hybridized carbons (Fsp3) is 0.636. The third kappa shape index (κ3) is 20.4. The molecule has 0 saturated carbocycles. The van der Waals surface area contributed by atoms with Crippen molar-refractivity contribution in [1.82, 2.24) is 41.5 Å². The fourth-order valence-electron chi connectivity index (χ4n) is 7.68. The predicted molar refractivity (Wildman–Crippen MR) is 254 cm³/mol. The van der Waals surface area contributed by atoms with E-state index in [0.29, 0.717) is 38.1 Å². The Balaban J connectivity index is 1.75. The summed E-state index contributed by atoms with van der Waals surface area (Å²) < 4.78 is 17.8. The molecule has 0 radical (unpaired) electrons. The standard InChI is InChI=1S/C44H71N10O12PS/c1-27(2)18-33(41(59)50-34(19-30-21-47-26-49-30)42(60)52-35(23-55)43(61)53-38(39(46)57)28(3)24-67(63,64)65)51-44(62)36-20-31(66-17-11-9-14-29-12-6-4-7-13-29)22-54(36)37(56)15-8-5-10-16-48-40(58)32(45)25-68/h4,6-7,12-13,21,26-28,31-36,38,55,68H,5,8-11,14-20,22-25,45H2,1-3H3,(H2,46,57)(H,47,49)(H,48,58)(H,50,59)(H,51,62)(H,52,60)(H,53,61)(H2,63,64,65)/t28-,31+,32?,33-,34-,35-,36-,38-/m0/s1. The van der Waals surface area contributed by atoms with E-state index in [1.807, 2.05) is 32.0 Å². The molecular formula is C44H71N10O12PS. The van der Waals surface area contributed by atoms with E-state index in [2.05, 4.69) is 61.3 Å². The molecule has 1 fully saturated rings. The summed E-state index contributed by atoms with van der Waals surface area (Å²) in [5, 5.41) is 22.9. The molecule has 1 aromatic carbocycles. The molecule has 1 saturated heterocycles. The van der Waals surface area contributed by atoms with Crippen LogP contribution in [-0.4, -0.2) is 152 Å². The van der Waals surface area contributed by atoms with E-state index in [1.165, 1.54) is 29.9 Å². The first-order chi connectivity index (χ1) is 32.2. The maximum absolute atomic E-state index is 14.3. The highest BCUT2D eigenvalue weighted by Gasteiger charge is 2.41. The number of hydrogen-bond donors (Lipinski definition) is 12. The number of benzene rings is 1. The highest BCUT2D eigenvalue weighted by molar-refractivity contribution is 7.80. The number of nitrogens with zero attached hydrogens (tertiary/aromatic N) is 2. The maximum Gasteiger partial charge on any atom is 0.325 e. The number of nitrogens with two attached hydrogens (primary N) is 2. The van der Waals surface area contributed by atoms with Gasteiger partial charge in [0.1, 0.15) is 30.2 Å². The minimum atomic E-state index is -4.63. The highest BCUT2D eigenvalue weighted by atomic mass is 32.1. The van der Waals surface area contributed by atoms with E-state index in [0.717, 1.165) is 19.3 Å². The third-order valence-corrected chi connectivity index (χ3v) is 12.8. The second kappa shape index (κ2) is 29.2. The number of imidazole rings is 1. The summed E-state index contributed by atoms with van der Waals surface area (Å²) in [5.41, 5.74) is 12.7. The number of amides is 7. The van der Waals surface area contributed by atoms with Crippen molar-refractivity contribution in [2.75, 3.05) is 38.2 Å². The van der Waals surface area contributed by atoms with E-state index in [4.69, 9.17) is 16.2 Å². The lowest BCUT2D eigenvalue weighted by Crippen LogP contribution is -2.60. The van der Waals surface area contributed by atoms with Gasteiger partial charge in [0, 0.05) is 56.6 Å². The average Bonchev–Trinajstić information content (AvgIpc) is 3.97. The fourth-order valence-corrected chi connectivity index (χ4v) is 8.81. The van der Waals surface area contributed by atoms with Crippen LogP contribution < -0.4 is 38.1 Å². The van der Waals surface area contributed by atoms with Crippen molar-refractivity contribution in [2.24, 2.45) is 23.3 Å². The molecule has 380 valence electrons. The molecule has 7 amide bonds. The van der Waals surface area contributed by atoms with Gasteiger partial charge in [-0.2, -0.15) is 12.6 Å². The monoisotopic (exact) mass is 994 g/mol. The van der Waals surface area contributed by atoms with Crippen LogP contribution in [0.1, 0.15) is 83.4 Å². The Morgan fingerprint density at radius 1 is 0.912 bits per heavy atom. The smallest absolute Gasteiger partial charge is 0.325 e. The number of aryl methyl sites for hydroxylation is 1. The molecule has 68 heavy (non-hydrogen) atoms. The van der Waals surface area contributed by atoms with Gasteiger partial charge in [0.25, 0.3) is 0 Å². The Morgan fingerprint density at radius 2 is 1.59 bits per heavy atom. The van der Waals surface area contributed by atoms with Crippen LogP contribution in [0.2, 0.25) is 0 Å². The van der Waals surface area contributed by atoms with Gasteiger partial charge in [-0.3, -0.25) is 38.1 Å². The largest absolute Gasteiger partial charge is 0.394 e. The Hall–Kier alpha value is -4.90. The number of H-pyrrole nitrogens is 1. The lowest BCUT2D eigenvalue weighted by molar-refractivity contribution is -0.140. The van der Waals surface area contributed by atoms with Crippen LogP contribution in [0.25, 0.3) is 0 Å². The van der Waals surface area contributed by atoms with Gasteiger partial charge in [-0.15, -0.1) is 0 Å². The topological polar surface area (TPSA) is 351 Å². The number of aliphatic hydroxyl groups is 1. The number of ether oxygens (including phenoxy) is 1. The number of unbranched alkanes of at least 4 members (excludes halogenated alkanes) is 3. The van der Waals surface area contributed by atoms with Crippen LogP contribution in [0, 0.1) is 11.8 Å². The predicted octanol–water partition coefficient (Wildman–Crippen LogP) is -0.828. The summed E-state index contributed by atoms with van der Waals surface area (Å²) in [7, 11) is -4.63. The molecule has 1 aliphatic rings. The summed E-state index contributed by atoms with van der Waals surface area (Å²) in [4.78, 5) is 121. The van der Waals surface area contributed by atoms with Gasteiger partial charge in [-0.05, 0) is 55.9 Å². The zero-order chi connectivity index (χ0) is 50.4. The molecule has 13 N–H and O–H groups in total. The number of primary amides is 1. The number of hydrogen-bond acceptors (Lipinski definition) is 13. The van der Waals surface area contributed by atoms with Crippen LogP contribution >= 0.6 is 20.2 Å². The zero-order valence-corrected chi connectivity index (χ0v) is 40.8. The van der Waals surface area contributed by atoms with Crippen molar-refractivity contribution in [3.63, 3.8) is 0 Å². The second-order valence-electron chi connectivity index (χ2n) is 17.6. The van der Waals surface area contributed by atoms with Crippen molar-refractivity contribution < 1.29 is 57.8 Å². The molecule has 2 aromatic rings. The van der Waals surface area contributed by atoms with E-state index in [-0.39, 0.29) is 55.7 Å². The molecule has 1 unspecified atom stereocenters. The van der Waals surface area contributed by atoms with Crippen molar-refractivity contribution >= 4 is 61.6 Å². The molecule has 0 spiro atoms. The number of carbonyl (C=O) groups excluding carboxylic acids is 7. The number of aliphatic hydroxyl groups excluding tert-OH is 1. The van der Waals surface area contributed by atoms with Gasteiger partial charge in [0.15, 0.2) is 0 Å². The van der Waals surface area contributed by atoms with Gasteiger partial charge in [-0.1, -0.05) is 57.5 Å². The van der Waals surface area contributed by atoms with Crippen molar-refractivity contribution in [2.45, 2.75) is 127 Å². The first-order valence-electron chi connectivity index (χ1n) is 22.9. The summed E-state index contributed by atoms with van der Waals surface area (Å²) in [5.74, 6) is -6.16. The molecule has 0 bridgehead atoms. The van der Waals surface area contributed by atoms with Crippen LogP contribution in [0.4, 0.5) is 0 Å². The Bertz CT molecular complexity index is 1980. The molecule has 2 heterocycles. The van der Waals surface area contributed by atoms with Crippen molar-refractivity contribution in [3.05, 3.63) is 54.1 Å². The Kier molecular flexibility index (Phi) is 24.7. The van der Waals surface area contributed by atoms with Crippen LogP contribution in [-0.2, 0) is 55.7 Å². The van der Waals surface area contributed by atoms with Crippen LogP contribution in [0.15, 0.2) is 42.9 Å². The molecular weight excluding hydrogens is 924 g/mol. The molecule has 1 aliphatic heterocycles. The van der Waals surface area contributed by atoms with Gasteiger partial charge in [0.05, 0.1) is 31.2 Å². The average molecular weight is 995 g/mol. The van der Waals surface area contributed by atoms with E-state index >= 15 is 0 Å². The SMILES string of the molecule is CC(C)C[C@H](NC(=O)[C@@H]1C[C@@H](OCCCCc2ccccc2)CN1C(=O)CCCCCNC(=O)C(N)CS)C(=O)N[C@@H](Cc1cnc[nH]1)C(=O)N[C@@H](CO)C(=O)N[C@H](C(N)=O)[C@@H](C)CP(=O)(O)O. The highest BCUT2D eigenvalue weighted by Crippen LogP contribution is 2.37. The Labute approximate surface area is 402 Å². The number of likely N-dealkylation sites (tertiary alicyclic amines) is 1. The minimum absolute atomic E-state index is 0.121. The van der Waals surface area contributed by atoms with Crippen molar-refractivity contribution in [1.29, 1.82) is 0 Å².